The summed E-state index contributed by atoms with van der Waals surface area (Å²) in [5.74, 6) is 0.499. The molecule has 0 amide bonds. The van der Waals surface area contributed by atoms with E-state index in [1.807, 2.05) is 43.3 Å². The summed E-state index contributed by atoms with van der Waals surface area (Å²) in [4.78, 5) is 0. The molecule has 0 spiro atoms. The predicted molar refractivity (Wildman–Crippen MR) is 75.4 cm³/mol. The van der Waals surface area contributed by atoms with Gasteiger partial charge in [0.05, 0.1) is 6.61 Å². The monoisotopic (exact) mass is 280 g/mol. The Hall–Kier alpha value is -1.35. The molecule has 1 atom stereocenters. The van der Waals surface area contributed by atoms with Gasteiger partial charge in [0.2, 0.25) is 0 Å². The number of hydrogen-bond acceptors (Lipinski definition) is 4. The molecule has 4 nitrogen and oxygen atoms in total. The maximum absolute atomic E-state index is 12.3. The van der Waals surface area contributed by atoms with Crippen molar-refractivity contribution in [3.05, 3.63) is 42.5 Å². The van der Waals surface area contributed by atoms with Crippen LogP contribution in [0.3, 0.4) is 0 Å². The number of phosphoric ester groups is 1. The minimum Gasteiger partial charge on any atom is -0.403 e. The second-order valence-corrected chi connectivity index (χ2v) is 5.73. The first-order valence-electron chi connectivity index (χ1n) is 6.16. The number of rotatable bonds is 6. The SMILES string of the molecule is CCCOP(=O)(OC)Oc1cccc2ccccc12. The topological polar surface area (TPSA) is 44.8 Å². The Morgan fingerprint density at radius 1 is 1.11 bits per heavy atom. The molecule has 2 rings (SSSR count). The van der Waals surface area contributed by atoms with Crippen LogP contribution in [0.25, 0.3) is 10.8 Å². The highest BCUT2D eigenvalue weighted by molar-refractivity contribution is 7.48. The third-order valence-electron chi connectivity index (χ3n) is 2.64. The van der Waals surface area contributed by atoms with Gasteiger partial charge < -0.3 is 4.52 Å². The molecule has 0 aliphatic heterocycles. The Morgan fingerprint density at radius 3 is 2.58 bits per heavy atom. The number of fused-ring (bicyclic) bond motifs is 1. The van der Waals surface area contributed by atoms with Crippen molar-refractivity contribution in [2.75, 3.05) is 13.7 Å². The van der Waals surface area contributed by atoms with Crippen molar-refractivity contribution in [1.29, 1.82) is 0 Å². The lowest BCUT2D eigenvalue weighted by molar-refractivity contribution is 0.180. The molecule has 0 fully saturated rings. The van der Waals surface area contributed by atoms with Crippen LogP contribution in [0, 0.1) is 0 Å². The third kappa shape index (κ3) is 3.35. The van der Waals surface area contributed by atoms with Gasteiger partial charge in [0, 0.05) is 12.5 Å². The van der Waals surface area contributed by atoms with Gasteiger partial charge in [0.1, 0.15) is 5.75 Å². The van der Waals surface area contributed by atoms with Crippen LogP contribution in [0.1, 0.15) is 13.3 Å². The fraction of sp³-hybridized carbons (Fsp3) is 0.286. The van der Waals surface area contributed by atoms with Crippen molar-refractivity contribution in [1.82, 2.24) is 0 Å². The van der Waals surface area contributed by atoms with Crippen molar-refractivity contribution in [2.24, 2.45) is 0 Å². The van der Waals surface area contributed by atoms with E-state index < -0.39 is 7.82 Å². The van der Waals surface area contributed by atoms with E-state index in [0.717, 1.165) is 17.2 Å². The average Bonchev–Trinajstić information content (AvgIpc) is 2.46. The van der Waals surface area contributed by atoms with Crippen molar-refractivity contribution in [2.45, 2.75) is 13.3 Å². The fourth-order valence-corrected chi connectivity index (χ4v) is 2.75. The van der Waals surface area contributed by atoms with E-state index in [-0.39, 0.29) is 0 Å². The van der Waals surface area contributed by atoms with Crippen LogP contribution in [0.4, 0.5) is 0 Å². The molecule has 1 unspecified atom stereocenters. The second-order valence-electron chi connectivity index (χ2n) is 4.03. The maximum Gasteiger partial charge on any atom is 0.529 e. The van der Waals surface area contributed by atoms with Crippen LogP contribution in [0.15, 0.2) is 42.5 Å². The molecule has 102 valence electrons. The molecule has 2 aromatic carbocycles. The van der Waals surface area contributed by atoms with Gasteiger partial charge in [-0.25, -0.2) is 4.57 Å². The Morgan fingerprint density at radius 2 is 1.84 bits per heavy atom. The van der Waals surface area contributed by atoms with E-state index in [1.54, 1.807) is 6.07 Å². The van der Waals surface area contributed by atoms with E-state index in [0.29, 0.717) is 12.4 Å². The Kier molecular flexibility index (Phi) is 4.59. The van der Waals surface area contributed by atoms with Crippen molar-refractivity contribution < 1.29 is 18.1 Å². The molecule has 0 aromatic heterocycles. The van der Waals surface area contributed by atoms with E-state index >= 15 is 0 Å². The molecule has 0 heterocycles. The van der Waals surface area contributed by atoms with E-state index in [9.17, 15) is 4.57 Å². The minimum atomic E-state index is -3.54. The molecule has 0 saturated heterocycles. The standard InChI is InChI=1S/C14H17O4P/c1-3-11-17-19(15,16-2)18-14-10-6-8-12-7-4-5-9-13(12)14/h4-10H,3,11H2,1-2H3. The zero-order chi connectivity index (χ0) is 13.7. The predicted octanol–water partition coefficient (Wildman–Crippen LogP) is 4.40. The van der Waals surface area contributed by atoms with Gasteiger partial charge in [-0.1, -0.05) is 43.3 Å². The van der Waals surface area contributed by atoms with E-state index in [4.69, 9.17) is 13.6 Å². The van der Waals surface area contributed by atoms with Crippen LogP contribution < -0.4 is 4.52 Å². The summed E-state index contributed by atoms with van der Waals surface area (Å²) < 4.78 is 27.9. The van der Waals surface area contributed by atoms with Crippen molar-refractivity contribution >= 4 is 18.6 Å². The summed E-state index contributed by atoms with van der Waals surface area (Å²) in [5.41, 5.74) is 0. The molecule has 0 saturated carbocycles. The zero-order valence-corrected chi connectivity index (χ0v) is 11.9. The molecule has 0 N–H and O–H groups in total. The highest BCUT2D eigenvalue weighted by Crippen LogP contribution is 2.50. The highest BCUT2D eigenvalue weighted by atomic mass is 31.2. The quantitative estimate of drug-likeness (QED) is 0.736. The first-order valence-corrected chi connectivity index (χ1v) is 7.62. The molecule has 0 bridgehead atoms. The van der Waals surface area contributed by atoms with Gasteiger partial charge in [-0.05, 0) is 17.9 Å². The van der Waals surface area contributed by atoms with Crippen LogP contribution in [-0.2, 0) is 13.6 Å². The molecule has 0 radical (unpaired) electrons. The molecule has 0 aliphatic rings. The van der Waals surface area contributed by atoms with Gasteiger partial charge in [-0.15, -0.1) is 0 Å². The Bertz CT molecular complexity index is 592. The normalized spacial score (nSPS) is 14.2. The van der Waals surface area contributed by atoms with Crippen LogP contribution >= 0.6 is 7.82 Å². The second kappa shape index (κ2) is 6.20. The van der Waals surface area contributed by atoms with E-state index in [1.165, 1.54) is 7.11 Å². The molecule has 5 heteroatoms. The molecule has 0 aliphatic carbocycles. The largest absolute Gasteiger partial charge is 0.529 e. The number of benzene rings is 2. The maximum atomic E-state index is 12.3. The summed E-state index contributed by atoms with van der Waals surface area (Å²) >= 11 is 0. The van der Waals surface area contributed by atoms with E-state index in [2.05, 4.69) is 0 Å². The molecular weight excluding hydrogens is 263 g/mol. The smallest absolute Gasteiger partial charge is 0.403 e. The molecule has 19 heavy (non-hydrogen) atoms. The third-order valence-corrected chi connectivity index (χ3v) is 4.00. The highest BCUT2D eigenvalue weighted by Gasteiger charge is 2.27. The molecular formula is C14H17O4P. The van der Waals surface area contributed by atoms with Gasteiger partial charge in [0.25, 0.3) is 0 Å². The Labute approximate surface area is 112 Å². The zero-order valence-electron chi connectivity index (χ0n) is 11.0. The minimum absolute atomic E-state index is 0.329. The lowest BCUT2D eigenvalue weighted by Crippen LogP contribution is -2.01. The lowest BCUT2D eigenvalue weighted by atomic mass is 10.1. The van der Waals surface area contributed by atoms with Gasteiger partial charge in [-0.2, -0.15) is 0 Å². The first kappa shape index (κ1) is 14.1. The van der Waals surface area contributed by atoms with Crippen molar-refractivity contribution in [3.8, 4) is 5.75 Å². The summed E-state index contributed by atoms with van der Waals surface area (Å²) in [6.45, 7) is 2.26. The summed E-state index contributed by atoms with van der Waals surface area (Å²) in [7, 11) is -2.22. The van der Waals surface area contributed by atoms with Crippen molar-refractivity contribution in [3.63, 3.8) is 0 Å². The number of phosphoric acid groups is 1. The Balaban J connectivity index is 2.32. The average molecular weight is 280 g/mol. The molecule has 2 aromatic rings. The van der Waals surface area contributed by atoms with Gasteiger partial charge in [0.15, 0.2) is 0 Å². The lowest BCUT2D eigenvalue weighted by Gasteiger charge is -2.17. The summed E-state index contributed by atoms with van der Waals surface area (Å²) in [6.07, 6.45) is 0.742. The van der Waals surface area contributed by atoms with Crippen LogP contribution in [0.2, 0.25) is 0 Å². The summed E-state index contributed by atoms with van der Waals surface area (Å²) in [5, 5.41) is 1.89. The number of hydrogen-bond donors (Lipinski definition) is 0. The fourth-order valence-electron chi connectivity index (χ4n) is 1.72. The first-order chi connectivity index (χ1) is 9.18. The van der Waals surface area contributed by atoms with Gasteiger partial charge >= 0.3 is 7.82 Å². The van der Waals surface area contributed by atoms with Crippen LogP contribution in [-0.4, -0.2) is 13.7 Å². The summed E-state index contributed by atoms with van der Waals surface area (Å²) in [6, 6.07) is 13.3. The van der Waals surface area contributed by atoms with Gasteiger partial charge in [-0.3, -0.25) is 9.05 Å². The van der Waals surface area contributed by atoms with Crippen LogP contribution in [0.5, 0.6) is 5.75 Å².